The number of nitrogens with one attached hydrogen (secondary N) is 1. The summed E-state index contributed by atoms with van der Waals surface area (Å²) in [5.41, 5.74) is -0.627. The highest BCUT2D eigenvalue weighted by Crippen LogP contribution is 2.28. The van der Waals surface area contributed by atoms with Crippen LogP contribution in [-0.2, 0) is 6.54 Å². The van der Waals surface area contributed by atoms with Gasteiger partial charge in [-0.2, -0.15) is 11.8 Å². The monoisotopic (exact) mass is 519 g/mol. The van der Waals surface area contributed by atoms with Gasteiger partial charge in [-0.15, -0.1) is 35.3 Å². The fourth-order valence-corrected chi connectivity index (χ4v) is 4.98. The Labute approximate surface area is 166 Å². The summed E-state index contributed by atoms with van der Waals surface area (Å²) in [4.78, 5) is 8.02. The van der Waals surface area contributed by atoms with Crippen LogP contribution < -0.4 is 5.32 Å². The van der Waals surface area contributed by atoms with E-state index in [0.717, 1.165) is 40.8 Å². The van der Waals surface area contributed by atoms with Crippen molar-refractivity contribution < 1.29 is 5.11 Å². The van der Waals surface area contributed by atoms with Gasteiger partial charge in [0.25, 0.3) is 0 Å². The van der Waals surface area contributed by atoms with E-state index in [1.165, 1.54) is 4.88 Å². The average Bonchev–Trinajstić information content (AvgIpc) is 3.04. The maximum atomic E-state index is 10.4. The number of hydrogen-bond donors (Lipinski definition) is 2. The molecule has 0 bridgehead atoms. The summed E-state index contributed by atoms with van der Waals surface area (Å²) in [7, 11) is 2.03. The number of thioether (sulfide) groups is 1. The van der Waals surface area contributed by atoms with Crippen LogP contribution in [0.5, 0.6) is 0 Å². The first-order valence-corrected chi connectivity index (χ1v) is 9.82. The number of nitrogens with zero attached hydrogens (tertiary/aromatic N) is 2. The summed E-state index contributed by atoms with van der Waals surface area (Å²) >= 11 is 7.03. The van der Waals surface area contributed by atoms with Crippen LogP contribution in [0.3, 0.4) is 0 Å². The van der Waals surface area contributed by atoms with E-state index >= 15 is 0 Å². The third-order valence-electron chi connectivity index (χ3n) is 3.32. The number of halogens is 2. The zero-order valence-electron chi connectivity index (χ0n) is 12.8. The van der Waals surface area contributed by atoms with Gasteiger partial charge in [-0.1, -0.05) is 0 Å². The Morgan fingerprint density at radius 2 is 2.32 bits per heavy atom. The number of rotatable bonds is 5. The normalized spacial score (nSPS) is 21.5. The van der Waals surface area contributed by atoms with Gasteiger partial charge in [0.15, 0.2) is 5.96 Å². The maximum Gasteiger partial charge on any atom is 0.194 e. The standard InChI is InChI=1S/C14H22BrN3OS2.HI/c1-3-16-13(17-9-14(19)6-7-20-10-14)18(2)8-11-4-5-12(15)21-11;/h4-5,19H,3,6-10H2,1-2H3,(H,16,17);1H. The molecule has 2 rings (SSSR count). The van der Waals surface area contributed by atoms with Crippen molar-refractivity contribution in [3.05, 3.63) is 20.8 Å². The van der Waals surface area contributed by atoms with E-state index in [2.05, 4.69) is 50.2 Å². The van der Waals surface area contributed by atoms with Crippen molar-refractivity contribution in [2.45, 2.75) is 25.5 Å². The summed E-state index contributed by atoms with van der Waals surface area (Å²) in [5, 5.41) is 13.7. The van der Waals surface area contributed by atoms with Gasteiger partial charge in [0.1, 0.15) is 0 Å². The quantitative estimate of drug-likeness (QED) is 0.355. The van der Waals surface area contributed by atoms with Gasteiger partial charge >= 0.3 is 0 Å². The molecule has 1 aromatic heterocycles. The predicted molar refractivity (Wildman–Crippen MR) is 112 cm³/mol. The van der Waals surface area contributed by atoms with Crippen LogP contribution in [0.1, 0.15) is 18.2 Å². The maximum absolute atomic E-state index is 10.4. The highest BCUT2D eigenvalue weighted by molar-refractivity contribution is 14.0. The summed E-state index contributed by atoms with van der Waals surface area (Å²) in [6, 6.07) is 4.19. The third kappa shape index (κ3) is 6.18. The molecular weight excluding hydrogens is 497 g/mol. The van der Waals surface area contributed by atoms with Crippen molar-refractivity contribution in [2.24, 2.45) is 4.99 Å². The first-order valence-electron chi connectivity index (χ1n) is 7.06. The summed E-state index contributed by atoms with van der Waals surface area (Å²) < 4.78 is 1.14. The molecule has 2 N–H and O–H groups in total. The van der Waals surface area contributed by atoms with Gasteiger partial charge in [0, 0.05) is 24.2 Å². The van der Waals surface area contributed by atoms with Crippen LogP contribution in [0.15, 0.2) is 20.9 Å². The third-order valence-corrected chi connectivity index (χ3v) is 6.17. The van der Waals surface area contributed by atoms with E-state index < -0.39 is 5.60 Å². The van der Waals surface area contributed by atoms with Gasteiger partial charge in [-0.05, 0) is 47.2 Å². The minimum atomic E-state index is -0.627. The molecule has 1 unspecified atom stereocenters. The molecule has 1 saturated heterocycles. The minimum absolute atomic E-state index is 0. The number of guanidine groups is 1. The highest BCUT2D eigenvalue weighted by Gasteiger charge is 2.31. The second-order valence-corrected chi connectivity index (χ2v) is 8.91. The summed E-state index contributed by atoms with van der Waals surface area (Å²) in [6.45, 7) is 4.17. The van der Waals surface area contributed by atoms with Crippen LogP contribution in [-0.4, -0.2) is 53.2 Å². The fraction of sp³-hybridized carbons (Fsp3) is 0.643. The van der Waals surface area contributed by atoms with Gasteiger partial charge in [-0.3, -0.25) is 4.99 Å². The van der Waals surface area contributed by atoms with Gasteiger partial charge in [0.2, 0.25) is 0 Å². The molecule has 1 atom stereocenters. The predicted octanol–water partition coefficient (Wildman–Crippen LogP) is 3.39. The van der Waals surface area contributed by atoms with Gasteiger partial charge < -0.3 is 15.3 Å². The molecule has 0 aliphatic carbocycles. The van der Waals surface area contributed by atoms with Crippen LogP contribution in [0, 0.1) is 0 Å². The van der Waals surface area contributed by atoms with E-state index in [1.54, 1.807) is 23.1 Å². The lowest BCUT2D eigenvalue weighted by Crippen LogP contribution is -2.40. The average molecular weight is 520 g/mol. The summed E-state index contributed by atoms with van der Waals surface area (Å²) in [5.74, 6) is 2.67. The molecule has 0 radical (unpaired) electrons. The molecular formula is C14H23BrIN3OS2. The Hall–Kier alpha value is 0.490. The second kappa shape index (κ2) is 9.71. The first kappa shape index (κ1) is 20.5. The fourth-order valence-electron chi connectivity index (χ4n) is 2.16. The molecule has 4 nitrogen and oxygen atoms in total. The molecule has 1 fully saturated rings. The van der Waals surface area contributed by atoms with E-state index in [9.17, 15) is 5.11 Å². The minimum Gasteiger partial charge on any atom is -0.387 e. The zero-order chi connectivity index (χ0) is 15.3. The molecule has 8 heteroatoms. The second-order valence-electron chi connectivity index (χ2n) is 5.26. The number of aliphatic hydroxyl groups is 1. The molecule has 0 spiro atoms. The van der Waals surface area contributed by atoms with Crippen molar-refractivity contribution in [3.8, 4) is 0 Å². The Kier molecular flexibility index (Phi) is 9.06. The van der Waals surface area contributed by atoms with Gasteiger partial charge in [0.05, 0.1) is 22.5 Å². The largest absolute Gasteiger partial charge is 0.387 e. The van der Waals surface area contributed by atoms with E-state index in [-0.39, 0.29) is 24.0 Å². The van der Waals surface area contributed by atoms with Crippen molar-refractivity contribution in [1.82, 2.24) is 10.2 Å². The number of aliphatic imine (C=N–C) groups is 1. The smallest absolute Gasteiger partial charge is 0.194 e. The molecule has 1 aromatic rings. The lowest BCUT2D eigenvalue weighted by molar-refractivity contribution is 0.0776. The molecule has 22 heavy (non-hydrogen) atoms. The Morgan fingerprint density at radius 3 is 2.86 bits per heavy atom. The lowest BCUT2D eigenvalue weighted by atomic mass is 10.1. The Morgan fingerprint density at radius 1 is 1.55 bits per heavy atom. The van der Waals surface area contributed by atoms with Gasteiger partial charge in [-0.25, -0.2) is 0 Å². The molecule has 1 aliphatic heterocycles. The van der Waals surface area contributed by atoms with Crippen molar-refractivity contribution >= 4 is 69.0 Å². The van der Waals surface area contributed by atoms with E-state index in [1.807, 2.05) is 7.05 Å². The highest BCUT2D eigenvalue weighted by atomic mass is 127. The molecule has 1 aliphatic rings. The molecule has 0 amide bonds. The molecule has 126 valence electrons. The molecule has 0 aromatic carbocycles. The number of thiophene rings is 1. The zero-order valence-corrected chi connectivity index (χ0v) is 18.4. The number of hydrogen-bond acceptors (Lipinski definition) is 4. The van der Waals surface area contributed by atoms with Crippen LogP contribution in [0.4, 0.5) is 0 Å². The van der Waals surface area contributed by atoms with Crippen LogP contribution >= 0.6 is 63.0 Å². The van der Waals surface area contributed by atoms with Crippen LogP contribution in [0.25, 0.3) is 0 Å². The topological polar surface area (TPSA) is 47.9 Å². The van der Waals surface area contributed by atoms with Crippen LogP contribution in [0.2, 0.25) is 0 Å². The summed E-state index contributed by atoms with van der Waals surface area (Å²) in [6.07, 6.45) is 0.835. The van der Waals surface area contributed by atoms with Crippen molar-refractivity contribution in [2.75, 3.05) is 31.6 Å². The van der Waals surface area contributed by atoms with E-state index in [4.69, 9.17) is 0 Å². The van der Waals surface area contributed by atoms with Crippen molar-refractivity contribution in [1.29, 1.82) is 0 Å². The van der Waals surface area contributed by atoms with Crippen molar-refractivity contribution in [3.63, 3.8) is 0 Å². The SMILES string of the molecule is CCNC(=NCC1(O)CCSC1)N(C)Cc1ccc(Br)s1.I. The van der Waals surface area contributed by atoms with E-state index in [0.29, 0.717) is 6.54 Å². The molecule has 0 saturated carbocycles. The Balaban J connectivity index is 0.00000242. The molecule has 2 heterocycles. The lowest BCUT2D eigenvalue weighted by Gasteiger charge is -2.24. The Bertz CT molecular complexity index is 492. The first-order chi connectivity index (χ1) is 10.0.